The molecule has 1 heterocycles. The van der Waals surface area contributed by atoms with E-state index < -0.39 is 5.97 Å². The zero-order chi connectivity index (χ0) is 13.3. The van der Waals surface area contributed by atoms with Gasteiger partial charge in [-0.25, -0.2) is 0 Å². The first-order valence-electron chi connectivity index (χ1n) is 6.24. The smallest absolute Gasteiger partial charge is 0.306 e. The highest BCUT2D eigenvalue weighted by Gasteiger charge is 2.34. The Bertz CT molecular complexity index is 458. The number of ether oxygens (including phenoxy) is 1. The van der Waals surface area contributed by atoms with Gasteiger partial charge in [-0.15, -0.1) is 0 Å². The first-order chi connectivity index (χ1) is 8.58. The Morgan fingerprint density at radius 2 is 2.33 bits per heavy atom. The second-order valence-electron chi connectivity index (χ2n) is 4.70. The zero-order valence-corrected chi connectivity index (χ0v) is 11.0. The van der Waals surface area contributed by atoms with Gasteiger partial charge in [0.25, 0.3) is 0 Å². The molecule has 0 saturated heterocycles. The topological polar surface area (TPSA) is 49.8 Å². The van der Waals surface area contributed by atoms with E-state index in [0.29, 0.717) is 0 Å². The maximum Gasteiger partial charge on any atom is 0.306 e. The van der Waals surface area contributed by atoms with Crippen LogP contribution in [0.4, 0.5) is 5.69 Å². The van der Waals surface area contributed by atoms with E-state index in [9.17, 15) is 9.90 Å². The number of fused-ring (bicyclic) bond motifs is 1. The summed E-state index contributed by atoms with van der Waals surface area (Å²) in [7, 11) is 1.63. The molecule has 18 heavy (non-hydrogen) atoms. The SMILES string of the molecule is CCN1CC(C(C)C(=O)O)c2cc(OC)ccc21. The highest BCUT2D eigenvalue weighted by molar-refractivity contribution is 5.74. The van der Waals surface area contributed by atoms with Gasteiger partial charge in [-0.05, 0) is 30.7 Å². The van der Waals surface area contributed by atoms with Crippen molar-refractivity contribution in [3.8, 4) is 5.75 Å². The normalized spacial score (nSPS) is 19.5. The third-order valence-electron chi connectivity index (χ3n) is 3.77. The molecule has 0 spiro atoms. The van der Waals surface area contributed by atoms with Gasteiger partial charge in [0.15, 0.2) is 0 Å². The summed E-state index contributed by atoms with van der Waals surface area (Å²) >= 11 is 0. The van der Waals surface area contributed by atoms with Crippen molar-refractivity contribution >= 4 is 11.7 Å². The maximum atomic E-state index is 11.2. The number of hydrogen-bond acceptors (Lipinski definition) is 3. The van der Waals surface area contributed by atoms with Gasteiger partial charge >= 0.3 is 5.97 Å². The molecule has 98 valence electrons. The van der Waals surface area contributed by atoms with Crippen molar-refractivity contribution in [3.05, 3.63) is 23.8 Å². The minimum atomic E-state index is -0.744. The van der Waals surface area contributed by atoms with Gasteiger partial charge in [0.05, 0.1) is 13.0 Å². The van der Waals surface area contributed by atoms with Crippen LogP contribution < -0.4 is 9.64 Å². The van der Waals surface area contributed by atoms with Crippen molar-refractivity contribution in [2.45, 2.75) is 19.8 Å². The van der Waals surface area contributed by atoms with E-state index in [1.807, 2.05) is 18.2 Å². The molecule has 1 aromatic carbocycles. The van der Waals surface area contributed by atoms with Crippen LogP contribution in [0, 0.1) is 5.92 Å². The predicted octanol–water partition coefficient (Wildman–Crippen LogP) is 2.34. The number of anilines is 1. The fourth-order valence-electron chi connectivity index (χ4n) is 2.58. The molecule has 2 unspecified atom stereocenters. The predicted molar refractivity (Wildman–Crippen MR) is 70.4 cm³/mol. The summed E-state index contributed by atoms with van der Waals surface area (Å²) in [6.07, 6.45) is 0. The lowest BCUT2D eigenvalue weighted by Crippen LogP contribution is -2.26. The molecule has 4 nitrogen and oxygen atoms in total. The second kappa shape index (κ2) is 4.88. The van der Waals surface area contributed by atoms with E-state index in [1.165, 1.54) is 0 Å². The third-order valence-corrected chi connectivity index (χ3v) is 3.77. The van der Waals surface area contributed by atoms with Crippen LogP contribution in [-0.2, 0) is 4.79 Å². The molecule has 0 radical (unpaired) electrons. The molecular formula is C14H19NO3. The van der Waals surface area contributed by atoms with Gasteiger partial charge in [0.1, 0.15) is 5.75 Å². The Morgan fingerprint density at radius 1 is 1.61 bits per heavy atom. The summed E-state index contributed by atoms with van der Waals surface area (Å²) in [5.74, 6) is -0.305. The summed E-state index contributed by atoms with van der Waals surface area (Å²) in [4.78, 5) is 13.4. The Hall–Kier alpha value is -1.71. The molecule has 1 aliphatic rings. The quantitative estimate of drug-likeness (QED) is 0.889. The number of nitrogens with zero attached hydrogens (tertiary/aromatic N) is 1. The van der Waals surface area contributed by atoms with Crippen LogP contribution in [0.3, 0.4) is 0 Å². The van der Waals surface area contributed by atoms with Gasteiger partial charge in [0, 0.05) is 24.7 Å². The van der Waals surface area contributed by atoms with E-state index in [-0.39, 0.29) is 11.8 Å². The Morgan fingerprint density at radius 3 is 2.89 bits per heavy atom. The Labute approximate surface area is 107 Å². The number of likely N-dealkylation sites (N-methyl/N-ethyl adjacent to an activating group) is 1. The fourth-order valence-corrected chi connectivity index (χ4v) is 2.58. The highest BCUT2D eigenvalue weighted by atomic mass is 16.5. The highest BCUT2D eigenvalue weighted by Crippen LogP contribution is 2.41. The zero-order valence-electron chi connectivity index (χ0n) is 11.0. The van der Waals surface area contributed by atoms with E-state index in [4.69, 9.17) is 4.74 Å². The summed E-state index contributed by atoms with van der Waals surface area (Å²) in [6, 6.07) is 5.91. The molecule has 1 aromatic rings. The van der Waals surface area contributed by atoms with Crippen LogP contribution in [0.5, 0.6) is 5.75 Å². The average molecular weight is 249 g/mol. The van der Waals surface area contributed by atoms with Gasteiger partial charge < -0.3 is 14.7 Å². The molecule has 4 heteroatoms. The van der Waals surface area contributed by atoms with Gasteiger partial charge in [-0.2, -0.15) is 0 Å². The summed E-state index contributed by atoms with van der Waals surface area (Å²) in [6.45, 7) is 5.52. The summed E-state index contributed by atoms with van der Waals surface area (Å²) in [5, 5.41) is 9.20. The number of carboxylic acids is 1. The molecular weight excluding hydrogens is 230 g/mol. The van der Waals surface area contributed by atoms with Gasteiger partial charge in [-0.3, -0.25) is 4.79 Å². The molecule has 0 amide bonds. The van der Waals surface area contributed by atoms with E-state index >= 15 is 0 Å². The lowest BCUT2D eigenvalue weighted by Gasteiger charge is -2.18. The van der Waals surface area contributed by atoms with Crippen molar-refractivity contribution in [3.63, 3.8) is 0 Å². The fraction of sp³-hybridized carbons (Fsp3) is 0.500. The van der Waals surface area contributed by atoms with E-state index in [2.05, 4.69) is 11.8 Å². The maximum absolute atomic E-state index is 11.2. The molecule has 0 saturated carbocycles. The summed E-state index contributed by atoms with van der Waals surface area (Å²) in [5.41, 5.74) is 2.22. The van der Waals surface area contributed by atoms with Crippen LogP contribution in [0.25, 0.3) is 0 Å². The third kappa shape index (κ3) is 2.03. The van der Waals surface area contributed by atoms with Crippen LogP contribution in [0.1, 0.15) is 25.3 Å². The molecule has 0 fully saturated rings. The number of carbonyl (C=O) groups is 1. The van der Waals surface area contributed by atoms with E-state index in [1.54, 1.807) is 14.0 Å². The van der Waals surface area contributed by atoms with Gasteiger partial charge in [0.2, 0.25) is 0 Å². The number of aliphatic carboxylic acids is 1. The van der Waals surface area contributed by atoms with E-state index in [0.717, 1.165) is 30.1 Å². The number of methoxy groups -OCH3 is 1. The Balaban J connectivity index is 2.41. The van der Waals surface area contributed by atoms with Crippen molar-refractivity contribution in [2.24, 2.45) is 5.92 Å². The molecule has 1 aliphatic heterocycles. The van der Waals surface area contributed by atoms with Crippen LogP contribution in [0.15, 0.2) is 18.2 Å². The van der Waals surface area contributed by atoms with Crippen molar-refractivity contribution in [2.75, 3.05) is 25.1 Å². The first-order valence-corrected chi connectivity index (χ1v) is 6.24. The van der Waals surface area contributed by atoms with Crippen LogP contribution in [0.2, 0.25) is 0 Å². The Kier molecular flexibility index (Phi) is 3.45. The largest absolute Gasteiger partial charge is 0.497 e. The first kappa shape index (κ1) is 12.7. The average Bonchev–Trinajstić information content (AvgIpc) is 2.75. The molecule has 2 atom stereocenters. The van der Waals surface area contributed by atoms with Crippen molar-refractivity contribution in [1.29, 1.82) is 0 Å². The molecule has 0 bridgehead atoms. The summed E-state index contributed by atoms with van der Waals surface area (Å²) < 4.78 is 5.23. The van der Waals surface area contributed by atoms with Crippen LogP contribution >= 0.6 is 0 Å². The minimum absolute atomic E-state index is 0.0348. The lowest BCUT2D eigenvalue weighted by atomic mass is 9.89. The number of rotatable bonds is 4. The number of hydrogen-bond donors (Lipinski definition) is 1. The van der Waals surface area contributed by atoms with Crippen LogP contribution in [-0.4, -0.2) is 31.3 Å². The lowest BCUT2D eigenvalue weighted by molar-refractivity contribution is -0.141. The molecule has 0 aliphatic carbocycles. The van der Waals surface area contributed by atoms with Crippen molar-refractivity contribution in [1.82, 2.24) is 0 Å². The molecule has 2 rings (SSSR count). The molecule has 0 aromatic heterocycles. The van der Waals surface area contributed by atoms with Crippen molar-refractivity contribution < 1.29 is 14.6 Å². The second-order valence-corrected chi connectivity index (χ2v) is 4.70. The molecule has 1 N–H and O–H groups in total. The standard InChI is InChI=1S/C14H19NO3/c1-4-15-8-12(9(2)14(16)17)11-7-10(18-3)5-6-13(11)15/h5-7,9,12H,4,8H2,1-3H3,(H,16,17). The van der Waals surface area contributed by atoms with Gasteiger partial charge in [-0.1, -0.05) is 6.92 Å². The minimum Gasteiger partial charge on any atom is -0.497 e. The number of benzene rings is 1. The number of carboxylic acid groups (broad SMARTS) is 1. The monoisotopic (exact) mass is 249 g/mol.